The van der Waals surface area contributed by atoms with E-state index < -0.39 is 11.6 Å². The number of fused-ring (bicyclic) bond motifs is 1. The number of methoxy groups -OCH3 is 1. The Morgan fingerprint density at radius 1 is 1.16 bits per heavy atom. The van der Waals surface area contributed by atoms with Gasteiger partial charge in [-0.15, -0.1) is 10.2 Å². The Morgan fingerprint density at radius 2 is 1.97 bits per heavy atom. The maximum atomic E-state index is 13.5. The molecule has 0 bridgehead atoms. The van der Waals surface area contributed by atoms with Gasteiger partial charge in [0.1, 0.15) is 29.8 Å². The van der Waals surface area contributed by atoms with Gasteiger partial charge in [-0.1, -0.05) is 0 Å². The zero-order valence-electron chi connectivity index (χ0n) is 17.1. The molecule has 3 heterocycles. The lowest BCUT2D eigenvalue weighted by Crippen LogP contribution is -2.28. The molecule has 10 heteroatoms. The van der Waals surface area contributed by atoms with E-state index in [1.807, 2.05) is 4.57 Å². The summed E-state index contributed by atoms with van der Waals surface area (Å²) in [5.74, 6) is 0.737. The highest BCUT2D eigenvalue weighted by molar-refractivity contribution is 5.91. The molecule has 1 aliphatic heterocycles. The van der Waals surface area contributed by atoms with Gasteiger partial charge in [-0.05, 0) is 29.8 Å². The lowest BCUT2D eigenvalue weighted by molar-refractivity contribution is 0.0913. The molecule has 164 valence electrons. The summed E-state index contributed by atoms with van der Waals surface area (Å²) >= 11 is 0. The number of nitrogens with one attached hydrogen (secondary N) is 1. The minimum atomic E-state index is -0.578. The molecule has 1 amide bonds. The van der Waals surface area contributed by atoms with Gasteiger partial charge in [0.15, 0.2) is 11.6 Å². The number of hydrogen-bond acceptors (Lipinski definition) is 6. The molecule has 31 heavy (non-hydrogen) atoms. The van der Waals surface area contributed by atoms with Crippen LogP contribution in [0.1, 0.15) is 33.5 Å². The quantitative estimate of drug-likeness (QED) is 0.618. The SMILES string of the molecule is COCc1ccc(C(=O)NCc2nnc3n2CCN(Cc2cc(F)cc(F)c2)CC3)o1. The van der Waals surface area contributed by atoms with Crippen molar-refractivity contribution in [3.63, 3.8) is 0 Å². The molecular formula is C21H23F2N5O3. The first-order valence-corrected chi connectivity index (χ1v) is 9.96. The van der Waals surface area contributed by atoms with Gasteiger partial charge in [-0.2, -0.15) is 0 Å². The summed E-state index contributed by atoms with van der Waals surface area (Å²) in [5.41, 5.74) is 0.592. The second-order valence-corrected chi connectivity index (χ2v) is 7.37. The number of aromatic nitrogens is 3. The van der Waals surface area contributed by atoms with Crippen molar-refractivity contribution in [2.24, 2.45) is 0 Å². The van der Waals surface area contributed by atoms with E-state index in [9.17, 15) is 13.6 Å². The van der Waals surface area contributed by atoms with E-state index in [0.717, 1.165) is 11.9 Å². The molecule has 0 spiro atoms. The first-order chi connectivity index (χ1) is 15.0. The van der Waals surface area contributed by atoms with Crippen LogP contribution in [-0.4, -0.2) is 45.8 Å². The molecule has 0 saturated carbocycles. The summed E-state index contributed by atoms with van der Waals surface area (Å²) in [6, 6.07) is 6.86. The molecule has 1 aromatic carbocycles. The average Bonchev–Trinajstić information content (AvgIpc) is 3.30. The largest absolute Gasteiger partial charge is 0.453 e. The first-order valence-electron chi connectivity index (χ1n) is 9.96. The third-order valence-electron chi connectivity index (χ3n) is 5.10. The highest BCUT2D eigenvalue weighted by atomic mass is 19.1. The molecule has 8 nitrogen and oxygen atoms in total. The fraction of sp³-hybridized carbons (Fsp3) is 0.381. The van der Waals surface area contributed by atoms with E-state index in [-0.39, 0.29) is 18.2 Å². The number of rotatable bonds is 7. The van der Waals surface area contributed by atoms with Gasteiger partial charge < -0.3 is 19.0 Å². The van der Waals surface area contributed by atoms with Crippen molar-refractivity contribution in [1.29, 1.82) is 0 Å². The van der Waals surface area contributed by atoms with Gasteiger partial charge in [-0.25, -0.2) is 8.78 Å². The van der Waals surface area contributed by atoms with E-state index in [1.54, 1.807) is 19.2 Å². The van der Waals surface area contributed by atoms with Crippen LogP contribution in [0.2, 0.25) is 0 Å². The number of nitrogens with zero attached hydrogens (tertiary/aromatic N) is 4. The van der Waals surface area contributed by atoms with Gasteiger partial charge >= 0.3 is 0 Å². The van der Waals surface area contributed by atoms with Crippen LogP contribution in [0.15, 0.2) is 34.7 Å². The Morgan fingerprint density at radius 3 is 2.74 bits per heavy atom. The number of amides is 1. The van der Waals surface area contributed by atoms with Crippen molar-refractivity contribution in [3.05, 3.63) is 70.7 Å². The molecule has 0 radical (unpaired) electrons. The van der Waals surface area contributed by atoms with Crippen LogP contribution in [0.25, 0.3) is 0 Å². The lowest BCUT2D eigenvalue weighted by atomic mass is 10.2. The van der Waals surface area contributed by atoms with Crippen LogP contribution < -0.4 is 5.32 Å². The predicted octanol–water partition coefficient (Wildman–Crippen LogP) is 2.28. The fourth-order valence-corrected chi connectivity index (χ4v) is 3.64. The van der Waals surface area contributed by atoms with Gasteiger partial charge in [0.25, 0.3) is 5.91 Å². The van der Waals surface area contributed by atoms with E-state index >= 15 is 0 Å². The minimum absolute atomic E-state index is 0.205. The maximum Gasteiger partial charge on any atom is 0.287 e. The summed E-state index contributed by atoms with van der Waals surface area (Å²) in [6.07, 6.45) is 0.650. The third kappa shape index (κ3) is 5.15. The van der Waals surface area contributed by atoms with E-state index in [1.165, 1.54) is 12.1 Å². The number of hydrogen-bond donors (Lipinski definition) is 1. The molecule has 2 aromatic heterocycles. The number of carbonyl (C=O) groups is 1. The van der Waals surface area contributed by atoms with Crippen LogP contribution in [0, 0.1) is 11.6 Å². The summed E-state index contributed by atoms with van der Waals surface area (Å²) in [4.78, 5) is 14.4. The summed E-state index contributed by atoms with van der Waals surface area (Å²) in [6.45, 7) is 2.93. The van der Waals surface area contributed by atoms with E-state index in [2.05, 4.69) is 20.4 Å². The Kier molecular flexibility index (Phi) is 6.38. The number of benzene rings is 1. The van der Waals surface area contributed by atoms with Crippen LogP contribution >= 0.6 is 0 Å². The molecule has 4 rings (SSSR count). The van der Waals surface area contributed by atoms with Crippen LogP contribution in [0.4, 0.5) is 8.78 Å². The predicted molar refractivity (Wildman–Crippen MR) is 106 cm³/mol. The normalized spacial score (nSPS) is 14.3. The molecule has 0 aliphatic carbocycles. The number of halogens is 2. The molecule has 3 aromatic rings. The molecule has 0 fully saturated rings. The van der Waals surface area contributed by atoms with Gasteiger partial charge in [0.05, 0.1) is 6.54 Å². The van der Waals surface area contributed by atoms with E-state index in [4.69, 9.17) is 9.15 Å². The molecule has 1 aliphatic rings. The van der Waals surface area contributed by atoms with Gasteiger partial charge in [0, 0.05) is 45.8 Å². The minimum Gasteiger partial charge on any atom is -0.453 e. The van der Waals surface area contributed by atoms with Gasteiger partial charge in [-0.3, -0.25) is 9.69 Å². The second-order valence-electron chi connectivity index (χ2n) is 7.37. The zero-order valence-corrected chi connectivity index (χ0v) is 17.1. The van der Waals surface area contributed by atoms with Crippen molar-refractivity contribution in [1.82, 2.24) is 25.0 Å². The Bertz CT molecular complexity index is 1040. The highest BCUT2D eigenvalue weighted by Gasteiger charge is 2.20. The second kappa shape index (κ2) is 9.36. The molecule has 0 saturated heterocycles. The first kappa shape index (κ1) is 21.1. The van der Waals surface area contributed by atoms with Crippen molar-refractivity contribution in [2.45, 2.75) is 32.7 Å². The van der Waals surface area contributed by atoms with Crippen molar-refractivity contribution < 1.29 is 22.7 Å². The number of ether oxygens (including phenoxy) is 1. The molecule has 0 unspecified atom stereocenters. The van der Waals surface area contributed by atoms with Crippen molar-refractivity contribution >= 4 is 5.91 Å². The van der Waals surface area contributed by atoms with Crippen LogP contribution in [0.3, 0.4) is 0 Å². The lowest BCUT2D eigenvalue weighted by Gasteiger charge is -2.19. The maximum absolute atomic E-state index is 13.5. The summed E-state index contributed by atoms with van der Waals surface area (Å²) in [7, 11) is 1.55. The van der Waals surface area contributed by atoms with E-state index in [0.29, 0.717) is 56.4 Å². The highest BCUT2D eigenvalue weighted by Crippen LogP contribution is 2.15. The fourth-order valence-electron chi connectivity index (χ4n) is 3.64. The standard InChI is InChI=1S/C21H23F2N5O3/c1-30-13-17-2-3-18(31-17)21(29)24-11-20-26-25-19-4-5-27(6-7-28(19)20)12-14-8-15(22)10-16(23)9-14/h2-3,8-10H,4-7,11-13H2,1H3,(H,24,29). The number of furan rings is 1. The smallest absolute Gasteiger partial charge is 0.287 e. The van der Waals surface area contributed by atoms with Crippen LogP contribution in [-0.2, 0) is 37.4 Å². The summed E-state index contributed by atoms with van der Waals surface area (Å²) < 4.78 is 39.3. The molecule has 0 atom stereocenters. The van der Waals surface area contributed by atoms with Crippen molar-refractivity contribution in [2.75, 3.05) is 20.2 Å². The zero-order chi connectivity index (χ0) is 21.8. The Balaban J connectivity index is 1.35. The van der Waals surface area contributed by atoms with Crippen LogP contribution in [0.5, 0.6) is 0 Å². The molecule has 1 N–H and O–H groups in total. The Hall–Kier alpha value is -3.11. The third-order valence-corrected chi connectivity index (χ3v) is 5.10. The summed E-state index contributed by atoms with van der Waals surface area (Å²) in [5, 5.41) is 11.2. The van der Waals surface area contributed by atoms with Crippen molar-refractivity contribution in [3.8, 4) is 0 Å². The average molecular weight is 431 g/mol. The Labute approximate surface area is 177 Å². The monoisotopic (exact) mass is 431 g/mol. The number of carbonyl (C=O) groups excluding carboxylic acids is 1. The topological polar surface area (TPSA) is 85.4 Å². The van der Waals surface area contributed by atoms with Gasteiger partial charge in [0.2, 0.25) is 0 Å². The molecular weight excluding hydrogens is 408 g/mol.